The van der Waals surface area contributed by atoms with Gasteiger partial charge in [0.05, 0.1) is 17.0 Å². The molecule has 5 nitrogen and oxygen atoms in total. The summed E-state index contributed by atoms with van der Waals surface area (Å²) in [6.45, 7) is 2.09. The molecule has 3 aliphatic rings. The third kappa shape index (κ3) is 2.72. The molecule has 0 radical (unpaired) electrons. The number of piperazine rings is 1. The van der Waals surface area contributed by atoms with Gasteiger partial charge in [0, 0.05) is 11.4 Å². The van der Waals surface area contributed by atoms with Gasteiger partial charge in [-0.3, -0.25) is 4.79 Å². The smallest absolute Gasteiger partial charge is 0.244 e. The van der Waals surface area contributed by atoms with E-state index >= 15 is 0 Å². The third-order valence-corrected chi connectivity index (χ3v) is 9.48. The maximum Gasteiger partial charge on any atom is 0.244 e. The van der Waals surface area contributed by atoms with Gasteiger partial charge in [-0.05, 0) is 55.2 Å². The summed E-state index contributed by atoms with van der Waals surface area (Å²) in [7, 11) is -3.87. The van der Waals surface area contributed by atoms with Gasteiger partial charge in [0.2, 0.25) is 15.9 Å². The molecule has 1 unspecified atom stereocenters. The lowest BCUT2D eigenvalue weighted by atomic mass is 9.78. The molecule has 0 spiro atoms. The molecular formula is C26H26N2O3S. The molecule has 164 valence electrons. The maximum absolute atomic E-state index is 14.2. The van der Waals surface area contributed by atoms with E-state index in [0.29, 0.717) is 16.7 Å². The molecule has 3 aromatic rings. The van der Waals surface area contributed by atoms with Crippen molar-refractivity contribution in [2.75, 3.05) is 0 Å². The quantitative estimate of drug-likeness (QED) is 0.590. The second kappa shape index (κ2) is 7.15. The van der Waals surface area contributed by atoms with Gasteiger partial charge in [0.25, 0.3) is 0 Å². The van der Waals surface area contributed by atoms with E-state index in [9.17, 15) is 13.2 Å². The van der Waals surface area contributed by atoms with Crippen LogP contribution in [0.2, 0.25) is 0 Å². The van der Waals surface area contributed by atoms with Crippen LogP contribution < -0.4 is 0 Å². The van der Waals surface area contributed by atoms with Crippen LogP contribution >= 0.6 is 0 Å². The number of hydrogen-bond acceptors (Lipinski definition) is 3. The van der Waals surface area contributed by atoms with Crippen molar-refractivity contribution in [2.24, 2.45) is 0 Å². The number of nitrogens with zero attached hydrogens (tertiary/aromatic N) is 2. The lowest BCUT2D eigenvalue weighted by molar-refractivity contribution is -0.153. The molecule has 6 rings (SSSR count). The largest absolute Gasteiger partial charge is 0.330 e. The number of carbonyl (C=O) groups is 1. The van der Waals surface area contributed by atoms with E-state index in [4.69, 9.17) is 0 Å². The Morgan fingerprint density at radius 2 is 1.66 bits per heavy atom. The van der Waals surface area contributed by atoms with Crippen LogP contribution in [0.15, 0.2) is 71.6 Å². The summed E-state index contributed by atoms with van der Waals surface area (Å²) in [6, 6.07) is 20.1. The summed E-state index contributed by atoms with van der Waals surface area (Å²) in [4.78, 5) is 16.1. The maximum atomic E-state index is 14.2. The second-order valence-electron chi connectivity index (χ2n) is 9.27. The van der Waals surface area contributed by atoms with Crippen molar-refractivity contribution in [2.45, 2.75) is 61.7 Å². The number of sulfonamides is 1. The number of benzene rings is 3. The molecule has 0 aromatic heterocycles. The lowest BCUT2D eigenvalue weighted by Gasteiger charge is -2.56. The first kappa shape index (κ1) is 19.9. The Bertz CT molecular complexity index is 1330. The Balaban J connectivity index is 1.54. The van der Waals surface area contributed by atoms with Crippen molar-refractivity contribution >= 4 is 26.7 Å². The van der Waals surface area contributed by atoms with Crippen molar-refractivity contribution in [1.29, 1.82) is 0 Å². The van der Waals surface area contributed by atoms with Crippen molar-refractivity contribution in [1.82, 2.24) is 9.21 Å². The monoisotopic (exact) mass is 446 g/mol. The molecule has 0 aliphatic carbocycles. The Hall–Kier alpha value is -2.70. The topological polar surface area (TPSA) is 57.7 Å². The van der Waals surface area contributed by atoms with E-state index in [1.54, 1.807) is 16.4 Å². The molecule has 3 aromatic carbocycles. The van der Waals surface area contributed by atoms with Crippen molar-refractivity contribution < 1.29 is 13.2 Å². The van der Waals surface area contributed by atoms with Gasteiger partial charge in [-0.15, -0.1) is 0 Å². The van der Waals surface area contributed by atoms with Crippen LogP contribution in [0.3, 0.4) is 0 Å². The van der Waals surface area contributed by atoms with Gasteiger partial charge < -0.3 is 4.90 Å². The lowest BCUT2D eigenvalue weighted by Crippen LogP contribution is -2.68. The molecule has 2 fully saturated rings. The fourth-order valence-corrected chi connectivity index (χ4v) is 8.23. The van der Waals surface area contributed by atoms with Gasteiger partial charge in [-0.25, -0.2) is 8.42 Å². The third-order valence-electron chi connectivity index (χ3n) is 7.48. The molecule has 4 atom stereocenters. The predicted octanol–water partition coefficient (Wildman–Crippen LogP) is 4.28. The Labute approximate surface area is 188 Å². The predicted molar refractivity (Wildman–Crippen MR) is 124 cm³/mol. The zero-order valence-corrected chi connectivity index (χ0v) is 18.8. The van der Waals surface area contributed by atoms with Crippen LogP contribution in [0.4, 0.5) is 0 Å². The number of piperidine rings is 1. The summed E-state index contributed by atoms with van der Waals surface area (Å²) in [5.74, 6) is -0.0447. The van der Waals surface area contributed by atoms with E-state index in [-0.39, 0.29) is 24.0 Å². The van der Waals surface area contributed by atoms with E-state index in [0.717, 1.165) is 30.2 Å². The molecule has 3 aliphatic heterocycles. The molecule has 1 amide bonds. The average Bonchev–Trinajstić information content (AvgIpc) is 2.81. The summed E-state index contributed by atoms with van der Waals surface area (Å²) in [5, 5.41) is 1.60. The fourth-order valence-electron chi connectivity index (χ4n) is 6.18. The van der Waals surface area contributed by atoms with Gasteiger partial charge >= 0.3 is 0 Å². The van der Waals surface area contributed by atoms with Crippen molar-refractivity contribution in [3.05, 3.63) is 77.9 Å². The van der Waals surface area contributed by atoms with Crippen LogP contribution in [-0.2, 0) is 21.2 Å². The van der Waals surface area contributed by atoms with E-state index in [1.807, 2.05) is 47.4 Å². The van der Waals surface area contributed by atoms with Crippen LogP contribution in [0.1, 0.15) is 43.4 Å². The van der Waals surface area contributed by atoms with Gasteiger partial charge in [-0.2, -0.15) is 4.31 Å². The number of fused-ring (bicyclic) bond motifs is 7. The first-order valence-corrected chi connectivity index (χ1v) is 12.8. The van der Waals surface area contributed by atoms with Gasteiger partial charge in [0.15, 0.2) is 0 Å². The minimum absolute atomic E-state index is 0.0447. The zero-order chi connectivity index (χ0) is 22.0. The Kier molecular flexibility index (Phi) is 4.46. The highest BCUT2D eigenvalue weighted by atomic mass is 32.2. The van der Waals surface area contributed by atoms with E-state index in [1.165, 1.54) is 5.56 Å². The summed E-state index contributed by atoms with van der Waals surface area (Å²) in [6.07, 6.45) is 3.02. The number of hydrogen-bond donors (Lipinski definition) is 0. The van der Waals surface area contributed by atoms with Crippen LogP contribution in [-0.4, -0.2) is 41.7 Å². The highest BCUT2D eigenvalue weighted by Crippen LogP contribution is 2.48. The number of rotatable bonds is 2. The average molecular weight is 447 g/mol. The van der Waals surface area contributed by atoms with Crippen LogP contribution in [0.25, 0.3) is 10.8 Å². The highest BCUT2D eigenvalue weighted by molar-refractivity contribution is 7.89. The summed E-state index contributed by atoms with van der Waals surface area (Å²) < 4.78 is 29.9. The molecule has 32 heavy (non-hydrogen) atoms. The standard InChI is InChI=1S/C26H26N2O3S/c1-17-16-19-9-3-5-12-21(19)25-22-13-7-14-23(26(29)27(17)25)28(22)32(30,31)24-15-6-10-18-8-2-4-11-20(18)24/h2-6,8-12,15,17,22-23,25H,7,13-14,16H2,1H3/t17-,22-,23+,25?/m0/s1. The first-order valence-electron chi connectivity index (χ1n) is 11.4. The molecular weight excluding hydrogens is 420 g/mol. The molecule has 0 saturated carbocycles. The minimum Gasteiger partial charge on any atom is -0.330 e. The van der Waals surface area contributed by atoms with E-state index < -0.39 is 16.1 Å². The molecule has 6 heteroatoms. The summed E-state index contributed by atoms with van der Waals surface area (Å²) >= 11 is 0. The normalized spacial score (nSPS) is 27.8. The first-order chi connectivity index (χ1) is 15.5. The minimum atomic E-state index is -3.87. The Morgan fingerprint density at radius 3 is 2.53 bits per heavy atom. The van der Waals surface area contributed by atoms with Gasteiger partial charge in [0.1, 0.15) is 6.04 Å². The van der Waals surface area contributed by atoms with Crippen LogP contribution in [0.5, 0.6) is 0 Å². The molecule has 2 saturated heterocycles. The second-order valence-corrected chi connectivity index (χ2v) is 11.1. The zero-order valence-electron chi connectivity index (χ0n) is 18.0. The number of amides is 1. The number of carbonyl (C=O) groups excluding carboxylic acids is 1. The molecule has 3 heterocycles. The fraction of sp³-hybridized carbons (Fsp3) is 0.346. The van der Waals surface area contributed by atoms with E-state index in [2.05, 4.69) is 19.1 Å². The Morgan fingerprint density at radius 1 is 0.906 bits per heavy atom. The van der Waals surface area contributed by atoms with Gasteiger partial charge in [-0.1, -0.05) is 60.7 Å². The SMILES string of the molecule is C[C@H]1Cc2ccccc2C2[C@@H]3CCC[C@H](C(=O)N21)N3S(=O)(=O)c1cccc2ccccc12. The summed E-state index contributed by atoms with van der Waals surface area (Å²) in [5.41, 5.74) is 2.32. The molecule has 0 N–H and O–H groups in total. The van der Waals surface area contributed by atoms with Crippen molar-refractivity contribution in [3.63, 3.8) is 0 Å². The van der Waals surface area contributed by atoms with Crippen LogP contribution in [0, 0.1) is 0 Å². The molecule has 2 bridgehead atoms. The highest BCUT2D eigenvalue weighted by Gasteiger charge is 2.56. The van der Waals surface area contributed by atoms with Crippen molar-refractivity contribution in [3.8, 4) is 0 Å².